The van der Waals surface area contributed by atoms with E-state index in [0.29, 0.717) is 0 Å². The summed E-state index contributed by atoms with van der Waals surface area (Å²) in [5.41, 5.74) is 0. The topological polar surface area (TPSA) is 21.3 Å². The van der Waals surface area contributed by atoms with Crippen LogP contribution in [0.2, 0.25) is 0 Å². The van der Waals surface area contributed by atoms with Crippen molar-refractivity contribution in [2.45, 2.75) is 26.2 Å². The standard InChI is InChI=1S/C7H16INO/c1-2-6-10-7-4-3-5-9-8/h9H,2-7H2,1H3. The van der Waals surface area contributed by atoms with Crippen LogP contribution in [-0.2, 0) is 4.74 Å². The van der Waals surface area contributed by atoms with Gasteiger partial charge < -0.3 is 4.74 Å². The highest BCUT2D eigenvalue weighted by Crippen LogP contribution is 1.90. The summed E-state index contributed by atoms with van der Waals surface area (Å²) in [5, 5.41) is 0. The molecule has 10 heavy (non-hydrogen) atoms. The van der Waals surface area contributed by atoms with E-state index in [9.17, 15) is 0 Å². The summed E-state index contributed by atoms with van der Waals surface area (Å²) in [7, 11) is 0. The number of unbranched alkanes of at least 4 members (excludes halogenated alkanes) is 1. The Bertz CT molecular complexity index is 53.6. The number of hydrogen-bond donors (Lipinski definition) is 1. The van der Waals surface area contributed by atoms with Crippen LogP contribution in [0.4, 0.5) is 0 Å². The molecule has 0 aromatic carbocycles. The molecule has 0 atom stereocenters. The SMILES string of the molecule is CCCOCCCCNI. The Labute approximate surface area is 77.2 Å². The Kier molecular flexibility index (Phi) is 10.3. The van der Waals surface area contributed by atoms with Crippen LogP contribution < -0.4 is 3.53 Å². The second-order valence-electron chi connectivity index (χ2n) is 2.20. The zero-order chi connectivity index (χ0) is 7.66. The van der Waals surface area contributed by atoms with Gasteiger partial charge >= 0.3 is 0 Å². The van der Waals surface area contributed by atoms with E-state index in [2.05, 4.69) is 33.3 Å². The van der Waals surface area contributed by atoms with Crippen molar-refractivity contribution in [1.82, 2.24) is 3.53 Å². The van der Waals surface area contributed by atoms with Crippen LogP contribution in [0.15, 0.2) is 0 Å². The average molecular weight is 257 g/mol. The van der Waals surface area contributed by atoms with Crippen molar-refractivity contribution in [2.24, 2.45) is 0 Å². The normalized spacial score (nSPS) is 10.2. The minimum Gasteiger partial charge on any atom is -0.381 e. The average Bonchev–Trinajstić information content (AvgIpc) is 1.97. The van der Waals surface area contributed by atoms with E-state index in [4.69, 9.17) is 4.74 Å². The van der Waals surface area contributed by atoms with Gasteiger partial charge in [0.05, 0.1) is 0 Å². The van der Waals surface area contributed by atoms with Crippen LogP contribution >= 0.6 is 22.9 Å². The van der Waals surface area contributed by atoms with E-state index in [0.717, 1.165) is 26.2 Å². The summed E-state index contributed by atoms with van der Waals surface area (Å²) >= 11 is 2.17. The van der Waals surface area contributed by atoms with Crippen LogP contribution in [0, 0.1) is 0 Å². The van der Waals surface area contributed by atoms with Crippen molar-refractivity contribution >= 4 is 22.9 Å². The summed E-state index contributed by atoms with van der Waals surface area (Å²) < 4.78 is 8.37. The zero-order valence-electron chi connectivity index (χ0n) is 6.53. The molecule has 1 N–H and O–H groups in total. The summed E-state index contributed by atoms with van der Waals surface area (Å²) in [5.74, 6) is 0. The third-order valence-corrected chi connectivity index (χ3v) is 1.70. The highest BCUT2D eigenvalue weighted by atomic mass is 127. The number of halogens is 1. The van der Waals surface area contributed by atoms with Crippen LogP contribution in [0.3, 0.4) is 0 Å². The number of ether oxygens (including phenoxy) is 1. The first kappa shape index (κ1) is 10.7. The first-order valence-corrected chi connectivity index (χ1v) is 4.91. The predicted octanol–water partition coefficient (Wildman–Crippen LogP) is 2.13. The maximum absolute atomic E-state index is 5.30. The molecule has 0 rings (SSSR count). The second-order valence-corrected chi connectivity index (χ2v) is 2.97. The molecule has 0 unspecified atom stereocenters. The highest BCUT2D eigenvalue weighted by molar-refractivity contribution is 14.1. The first-order chi connectivity index (χ1) is 4.91. The van der Waals surface area contributed by atoms with Crippen molar-refractivity contribution in [3.05, 3.63) is 0 Å². The van der Waals surface area contributed by atoms with Gasteiger partial charge in [-0.05, 0) is 19.3 Å². The Morgan fingerprint density at radius 3 is 2.70 bits per heavy atom. The van der Waals surface area contributed by atoms with Crippen molar-refractivity contribution in [3.63, 3.8) is 0 Å². The van der Waals surface area contributed by atoms with E-state index in [1.165, 1.54) is 12.8 Å². The molecule has 0 spiro atoms. The molecule has 2 nitrogen and oxygen atoms in total. The predicted molar refractivity (Wildman–Crippen MR) is 52.4 cm³/mol. The molecule has 0 aromatic rings. The summed E-state index contributed by atoms with van der Waals surface area (Å²) in [6, 6.07) is 0. The van der Waals surface area contributed by atoms with Crippen LogP contribution in [0.1, 0.15) is 26.2 Å². The summed E-state index contributed by atoms with van der Waals surface area (Å²) in [6.07, 6.45) is 3.52. The lowest BCUT2D eigenvalue weighted by Gasteiger charge is -2.00. The van der Waals surface area contributed by atoms with E-state index < -0.39 is 0 Å². The lowest BCUT2D eigenvalue weighted by Crippen LogP contribution is -2.02. The van der Waals surface area contributed by atoms with Crippen LogP contribution in [-0.4, -0.2) is 19.8 Å². The minimum atomic E-state index is 0.914. The third-order valence-electron chi connectivity index (χ3n) is 1.16. The Hall–Kier alpha value is 0.650. The van der Waals surface area contributed by atoms with E-state index in [-0.39, 0.29) is 0 Å². The molecule has 0 aliphatic heterocycles. The third kappa shape index (κ3) is 8.65. The zero-order valence-corrected chi connectivity index (χ0v) is 8.69. The fraction of sp³-hybridized carbons (Fsp3) is 1.00. The molecule has 0 saturated heterocycles. The molecule has 0 radical (unpaired) electrons. The lowest BCUT2D eigenvalue weighted by atomic mass is 10.3. The quantitative estimate of drug-likeness (QED) is 0.428. The van der Waals surface area contributed by atoms with E-state index in [1.54, 1.807) is 0 Å². The van der Waals surface area contributed by atoms with Gasteiger partial charge in [-0.1, -0.05) is 6.92 Å². The van der Waals surface area contributed by atoms with Gasteiger partial charge in [-0.15, -0.1) is 0 Å². The molecule has 0 saturated carbocycles. The molecule has 0 aromatic heterocycles. The summed E-state index contributed by atoms with van der Waals surface area (Å²) in [6.45, 7) is 5.06. The van der Waals surface area contributed by atoms with Crippen molar-refractivity contribution in [1.29, 1.82) is 0 Å². The molecule has 0 amide bonds. The largest absolute Gasteiger partial charge is 0.381 e. The maximum atomic E-state index is 5.30. The van der Waals surface area contributed by atoms with Gasteiger partial charge in [-0.3, -0.25) is 3.53 Å². The number of rotatable bonds is 7. The second kappa shape index (κ2) is 9.65. The van der Waals surface area contributed by atoms with Gasteiger partial charge in [0, 0.05) is 42.6 Å². The molecule has 0 bridgehead atoms. The van der Waals surface area contributed by atoms with E-state index in [1.807, 2.05) is 0 Å². The summed E-state index contributed by atoms with van der Waals surface area (Å²) in [4.78, 5) is 0. The van der Waals surface area contributed by atoms with Gasteiger partial charge in [0.25, 0.3) is 0 Å². The molecule has 0 aliphatic rings. The monoisotopic (exact) mass is 257 g/mol. The molecule has 0 aliphatic carbocycles. The van der Waals surface area contributed by atoms with Gasteiger partial charge in [0.1, 0.15) is 0 Å². The van der Waals surface area contributed by atoms with Gasteiger partial charge in [-0.25, -0.2) is 0 Å². The molecule has 3 heteroatoms. The van der Waals surface area contributed by atoms with Gasteiger partial charge in [-0.2, -0.15) is 0 Å². The Balaban J connectivity index is 2.65. The maximum Gasteiger partial charge on any atom is 0.0466 e. The number of nitrogens with one attached hydrogen (secondary N) is 1. The minimum absolute atomic E-state index is 0.914. The van der Waals surface area contributed by atoms with Crippen molar-refractivity contribution in [3.8, 4) is 0 Å². The van der Waals surface area contributed by atoms with Crippen molar-refractivity contribution in [2.75, 3.05) is 19.8 Å². The molecular weight excluding hydrogens is 241 g/mol. The molecule has 62 valence electrons. The lowest BCUT2D eigenvalue weighted by molar-refractivity contribution is 0.131. The van der Waals surface area contributed by atoms with Gasteiger partial charge in [0.2, 0.25) is 0 Å². The van der Waals surface area contributed by atoms with Crippen LogP contribution in [0.25, 0.3) is 0 Å². The van der Waals surface area contributed by atoms with Crippen LogP contribution in [0.5, 0.6) is 0 Å². The van der Waals surface area contributed by atoms with Crippen molar-refractivity contribution < 1.29 is 4.74 Å². The molecular formula is C7H16INO. The number of hydrogen-bond acceptors (Lipinski definition) is 2. The molecule has 0 fully saturated rings. The fourth-order valence-corrected chi connectivity index (χ4v) is 1.02. The van der Waals surface area contributed by atoms with E-state index >= 15 is 0 Å². The Morgan fingerprint density at radius 2 is 2.10 bits per heavy atom. The van der Waals surface area contributed by atoms with Gasteiger partial charge in [0.15, 0.2) is 0 Å². The highest BCUT2D eigenvalue weighted by Gasteiger charge is 1.86. The fourth-order valence-electron chi connectivity index (χ4n) is 0.642. The Morgan fingerprint density at radius 1 is 1.30 bits per heavy atom. The molecule has 0 heterocycles. The smallest absolute Gasteiger partial charge is 0.0466 e. The first-order valence-electron chi connectivity index (χ1n) is 3.83.